The van der Waals surface area contributed by atoms with Crippen molar-refractivity contribution in [2.75, 3.05) is 6.61 Å². The topological polar surface area (TPSA) is 42.4 Å². The zero-order chi connectivity index (χ0) is 12.5. The zero-order valence-electron chi connectivity index (χ0n) is 10.4. The molecule has 1 N–H and O–H groups in total. The van der Waals surface area contributed by atoms with E-state index in [-0.39, 0.29) is 6.10 Å². The number of fused-ring (bicyclic) bond motifs is 1. The molecule has 0 spiro atoms. The van der Waals surface area contributed by atoms with Gasteiger partial charge in [-0.1, -0.05) is 19.1 Å². The number of ether oxygens (including phenoxy) is 1. The van der Waals surface area contributed by atoms with E-state index in [1.54, 1.807) is 6.20 Å². The van der Waals surface area contributed by atoms with Crippen LogP contribution in [0.2, 0.25) is 0 Å². The maximum Gasteiger partial charge on any atom is 0.105 e. The van der Waals surface area contributed by atoms with E-state index in [0.717, 1.165) is 29.5 Å². The third kappa shape index (κ3) is 2.00. The summed E-state index contributed by atoms with van der Waals surface area (Å²) in [7, 11) is 0. The molecule has 1 aliphatic heterocycles. The summed E-state index contributed by atoms with van der Waals surface area (Å²) in [4.78, 5) is 4.28. The highest BCUT2D eigenvalue weighted by atomic mass is 16.5. The Bertz CT molecular complexity index is 555. The molecule has 3 rings (SSSR count). The molecule has 3 unspecified atom stereocenters. The molecule has 18 heavy (non-hydrogen) atoms. The first kappa shape index (κ1) is 11.6. The molecule has 0 radical (unpaired) electrons. The maximum atomic E-state index is 10.4. The van der Waals surface area contributed by atoms with Crippen LogP contribution in [0.25, 0.3) is 10.9 Å². The molecule has 0 bridgehead atoms. The van der Waals surface area contributed by atoms with Crippen LogP contribution < -0.4 is 0 Å². The van der Waals surface area contributed by atoms with Crippen molar-refractivity contribution in [1.82, 2.24) is 4.98 Å². The van der Waals surface area contributed by atoms with E-state index in [2.05, 4.69) is 11.9 Å². The maximum absolute atomic E-state index is 10.4. The van der Waals surface area contributed by atoms with Crippen molar-refractivity contribution in [3.05, 3.63) is 42.1 Å². The lowest BCUT2D eigenvalue weighted by atomic mass is 9.94. The molecule has 2 heterocycles. The predicted octanol–water partition coefficient (Wildman–Crippen LogP) is 2.69. The molecule has 2 aromatic rings. The van der Waals surface area contributed by atoms with Crippen LogP contribution in [0.5, 0.6) is 0 Å². The molecule has 1 aromatic carbocycles. The third-order valence-corrected chi connectivity index (χ3v) is 3.72. The third-order valence-electron chi connectivity index (χ3n) is 3.72. The molecule has 3 nitrogen and oxygen atoms in total. The number of aromatic nitrogens is 1. The number of nitrogens with zero attached hydrogens (tertiary/aromatic N) is 1. The highest BCUT2D eigenvalue weighted by molar-refractivity contribution is 5.79. The van der Waals surface area contributed by atoms with Crippen LogP contribution in [-0.4, -0.2) is 22.8 Å². The van der Waals surface area contributed by atoms with Gasteiger partial charge in [0.25, 0.3) is 0 Å². The smallest absolute Gasteiger partial charge is 0.105 e. The fourth-order valence-corrected chi connectivity index (χ4v) is 2.59. The van der Waals surface area contributed by atoms with Gasteiger partial charge in [-0.15, -0.1) is 0 Å². The molecule has 0 saturated carbocycles. The molecule has 3 heteroatoms. The van der Waals surface area contributed by atoms with Crippen molar-refractivity contribution in [3.8, 4) is 0 Å². The summed E-state index contributed by atoms with van der Waals surface area (Å²) < 4.78 is 5.63. The van der Waals surface area contributed by atoms with Crippen LogP contribution in [0.15, 0.2) is 36.5 Å². The first-order valence-electron chi connectivity index (χ1n) is 6.40. The molecule has 0 amide bonds. The number of pyridine rings is 1. The number of hydrogen-bond donors (Lipinski definition) is 1. The van der Waals surface area contributed by atoms with Crippen LogP contribution in [0.1, 0.15) is 25.0 Å². The van der Waals surface area contributed by atoms with Crippen molar-refractivity contribution >= 4 is 10.9 Å². The van der Waals surface area contributed by atoms with Crippen molar-refractivity contribution in [1.29, 1.82) is 0 Å². The van der Waals surface area contributed by atoms with Gasteiger partial charge in [0.05, 0.1) is 11.6 Å². The van der Waals surface area contributed by atoms with Gasteiger partial charge in [-0.05, 0) is 36.1 Å². The summed E-state index contributed by atoms with van der Waals surface area (Å²) in [5, 5.41) is 11.5. The van der Waals surface area contributed by atoms with E-state index in [1.165, 1.54) is 0 Å². The average Bonchev–Trinajstić information content (AvgIpc) is 2.83. The van der Waals surface area contributed by atoms with Crippen LogP contribution in [0.3, 0.4) is 0 Å². The van der Waals surface area contributed by atoms with E-state index < -0.39 is 6.10 Å². The molecular formula is C15H17NO2. The highest BCUT2D eigenvalue weighted by Crippen LogP contribution is 2.32. The second-order valence-corrected chi connectivity index (χ2v) is 5.00. The molecule has 1 aromatic heterocycles. The summed E-state index contributed by atoms with van der Waals surface area (Å²) in [5.74, 6) is 0.407. The van der Waals surface area contributed by atoms with Gasteiger partial charge in [0.1, 0.15) is 6.10 Å². The van der Waals surface area contributed by atoms with E-state index in [0.29, 0.717) is 5.92 Å². The molecule has 1 fully saturated rings. The Balaban J connectivity index is 1.93. The highest BCUT2D eigenvalue weighted by Gasteiger charge is 2.31. The lowest BCUT2D eigenvalue weighted by Gasteiger charge is -2.21. The minimum Gasteiger partial charge on any atom is -0.386 e. The van der Waals surface area contributed by atoms with Gasteiger partial charge < -0.3 is 9.84 Å². The lowest BCUT2D eigenvalue weighted by molar-refractivity contribution is -0.0177. The standard InChI is InChI=1S/C15H17NO2/c1-10-6-8-18-15(10)14(17)12-4-5-13-11(9-12)3-2-7-16-13/h2-5,7,9-10,14-15,17H,6,8H2,1H3. The molecule has 1 saturated heterocycles. The molecular weight excluding hydrogens is 226 g/mol. The van der Waals surface area contributed by atoms with Gasteiger partial charge in [0.15, 0.2) is 0 Å². The minimum absolute atomic E-state index is 0.0841. The van der Waals surface area contributed by atoms with E-state index in [9.17, 15) is 5.11 Å². The van der Waals surface area contributed by atoms with Gasteiger partial charge in [-0.2, -0.15) is 0 Å². The monoisotopic (exact) mass is 243 g/mol. The fraction of sp³-hybridized carbons (Fsp3) is 0.400. The van der Waals surface area contributed by atoms with Crippen molar-refractivity contribution < 1.29 is 9.84 Å². The van der Waals surface area contributed by atoms with Gasteiger partial charge in [0, 0.05) is 18.2 Å². The van der Waals surface area contributed by atoms with Crippen LogP contribution in [-0.2, 0) is 4.74 Å². The Labute approximate surface area is 106 Å². The number of aliphatic hydroxyl groups excluding tert-OH is 1. The van der Waals surface area contributed by atoms with Crippen LogP contribution in [0, 0.1) is 5.92 Å². The summed E-state index contributed by atoms with van der Waals surface area (Å²) in [6.45, 7) is 2.88. The quantitative estimate of drug-likeness (QED) is 0.881. The second kappa shape index (κ2) is 4.67. The van der Waals surface area contributed by atoms with E-state index >= 15 is 0 Å². The van der Waals surface area contributed by atoms with E-state index in [4.69, 9.17) is 4.74 Å². The largest absolute Gasteiger partial charge is 0.386 e. The average molecular weight is 243 g/mol. The van der Waals surface area contributed by atoms with Gasteiger partial charge in [-0.25, -0.2) is 0 Å². The summed E-state index contributed by atoms with van der Waals surface area (Å²) in [5.41, 5.74) is 1.86. The Morgan fingerprint density at radius 2 is 2.28 bits per heavy atom. The fourth-order valence-electron chi connectivity index (χ4n) is 2.59. The predicted molar refractivity (Wildman–Crippen MR) is 70.2 cm³/mol. The van der Waals surface area contributed by atoms with Gasteiger partial charge in [0.2, 0.25) is 0 Å². The first-order valence-corrected chi connectivity index (χ1v) is 6.40. The minimum atomic E-state index is -0.549. The summed E-state index contributed by atoms with van der Waals surface area (Å²) >= 11 is 0. The molecule has 94 valence electrons. The molecule has 0 aliphatic carbocycles. The Kier molecular flexibility index (Phi) is 3.02. The number of rotatable bonds is 2. The van der Waals surface area contributed by atoms with Crippen LogP contribution in [0.4, 0.5) is 0 Å². The van der Waals surface area contributed by atoms with Crippen molar-refractivity contribution in [2.45, 2.75) is 25.6 Å². The molecule has 3 atom stereocenters. The summed E-state index contributed by atoms with van der Waals surface area (Å²) in [6, 6.07) is 9.81. The first-order chi connectivity index (χ1) is 8.75. The number of hydrogen-bond acceptors (Lipinski definition) is 3. The Morgan fingerprint density at radius 3 is 3.06 bits per heavy atom. The number of benzene rings is 1. The van der Waals surface area contributed by atoms with E-state index in [1.807, 2.05) is 30.3 Å². The number of aliphatic hydroxyl groups is 1. The zero-order valence-corrected chi connectivity index (χ0v) is 10.4. The van der Waals surface area contributed by atoms with Gasteiger partial charge in [-0.3, -0.25) is 4.98 Å². The lowest BCUT2D eigenvalue weighted by Crippen LogP contribution is -2.22. The summed E-state index contributed by atoms with van der Waals surface area (Å²) in [6.07, 6.45) is 2.17. The Morgan fingerprint density at radius 1 is 1.39 bits per heavy atom. The van der Waals surface area contributed by atoms with Crippen molar-refractivity contribution in [3.63, 3.8) is 0 Å². The van der Waals surface area contributed by atoms with Crippen LogP contribution >= 0.6 is 0 Å². The van der Waals surface area contributed by atoms with Gasteiger partial charge >= 0.3 is 0 Å². The second-order valence-electron chi connectivity index (χ2n) is 5.00. The normalized spacial score (nSPS) is 25.4. The Hall–Kier alpha value is -1.45. The molecule has 1 aliphatic rings. The SMILES string of the molecule is CC1CCOC1C(O)c1ccc2ncccc2c1. The van der Waals surface area contributed by atoms with Crippen molar-refractivity contribution in [2.24, 2.45) is 5.92 Å².